The van der Waals surface area contributed by atoms with Crippen molar-refractivity contribution in [2.75, 3.05) is 49.5 Å². The molecule has 104 valence electrons. The number of nitrogens with one attached hydrogen (secondary N) is 1. The highest BCUT2D eigenvalue weighted by Gasteiger charge is 2.19. The summed E-state index contributed by atoms with van der Waals surface area (Å²) < 4.78 is 0. The van der Waals surface area contributed by atoms with Crippen LogP contribution in [0.3, 0.4) is 0 Å². The number of carbonyl (C=O) groups excluding carboxylic acids is 1. The number of anilines is 2. The van der Waals surface area contributed by atoms with Gasteiger partial charge in [0.05, 0.1) is 5.69 Å². The van der Waals surface area contributed by atoms with Crippen molar-refractivity contribution in [1.29, 1.82) is 0 Å². The van der Waals surface area contributed by atoms with Gasteiger partial charge in [-0.2, -0.15) is 0 Å². The Labute approximate surface area is 113 Å². The van der Waals surface area contributed by atoms with Crippen LogP contribution in [0.4, 0.5) is 11.5 Å². The molecule has 1 saturated heterocycles. The van der Waals surface area contributed by atoms with E-state index < -0.39 is 0 Å². The number of hydrogen-bond acceptors (Lipinski definition) is 5. The molecule has 6 heteroatoms. The molecule has 1 aromatic heterocycles. The number of rotatable bonds is 4. The second-order valence-electron chi connectivity index (χ2n) is 4.67. The third-order valence-electron chi connectivity index (χ3n) is 3.21. The summed E-state index contributed by atoms with van der Waals surface area (Å²) in [7, 11) is 0. The Morgan fingerprint density at radius 2 is 2.16 bits per heavy atom. The molecule has 0 radical (unpaired) electrons. The molecule has 0 atom stereocenters. The average molecular weight is 263 g/mol. The maximum atomic E-state index is 11.2. The first-order valence-corrected chi connectivity index (χ1v) is 6.60. The molecule has 3 N–H and O–H groups in total. The van der Waals surface area contributed by atoms with Crippen molar-refractivity contribution in [3.8, 4) is 0 Å². The number of amides is 1. The second kappa shape index (κ2) is 6.49. The van der Waals surface area contributed by atoms with Crippen LogP contribution in [-0.4, -0.2) is 55.1 Å². The van der Waals surface area contributed by atoms with Crippen LogP contribution in [-0.2, 0) is 4.79 Å². The molecular formula is C13H21N5O. The van der Waals surface area contributed by atoms with Crippen LogP contribution in [0.1, 0.15) is 6.92 Å². The average Bonchev–Trinajstić information content (AvgIpc) is 2.40. The lowest BCUT2D eigenvalue weighted by molar-refractivity contribution is -0.114. The zero-order valence-electron chi connectivity index (χ0n) is 11.3. The number of carbonyl (C=O) groups is 1. The summed E-state index contributed by atoms with van der Waals surface area (Å²) in [6, 6.07) is 3.72. The van der Waals surface area contributed by atoms with Crippen molar-refractivity contribution in [2.45, 2.75) is 6.92 Å². The first-order chi connectivity index (χ1) is 9.20. The molecule has 1 fully saturated rings. The van der Waals surface area contributed by atoms with E-state index in [9.17, 15) is 4.79 Å². The molecule has 2 heterocycles. The van der Waals surface area contributed by atoms with E-state index in [1.54, 1.807) is 6.20 Å². The SMILES string of the molecule is CC(=O)Nc1cccnc1N1CCN(CCN)CC1. The van der Waals surface area contributed by atoms with Crippen LogP contribution in [0.2, 0.25) is 0 Å². The van der Waals surface area contributed by atoms with E-state index >= 15 is 0 Å². The number of piperazine rings is 1. The summed E-state index contributed by atoms with van der Waals surface area (Å²) >= 11 is 0. The lowest BCUT2D eigenvalue weighted by Crippen LogP contribution is -2.48. The summed E-state index contributed by atoms with van der Waals surface area (Å²) in [5, 5.41) is 2.83. The molecule has 0 saturated carbocycles. The molecule has 6 nitrogen and oxygen atoms in total. The summed E-state index contributed by atoms with van der Waals surface area (Å²) in [5.41, 5.74) is 6.35. The van der Waals surface area contributed by atoms with Gasteiger partial charge in [0.2, 0.25) is 5.91 Å². The molecule has 0 unspecified atom stereocenters. The Kier molecular flexibility index (Phi) is 4.70. The van der Waals surface area contributed by atoms with Gasteiger partial charge in [-0.05, 0) is 12.1 Å². The highest BCUT2D eigenvalue weighted by atomic mass is 16.1. The molecule has 19 heavy (non-hydrogen) atoms. The van der Waals surface area contributed by atoms with Crippen molar-refractivity contribution < 1.29 is 4.79 Å². The van der Waals surface area contributed by atoms with Crippen molar-refractivity contribution >= 4 is 17.4 Å². The number of nitrogens with zero attached hydrogens (tertiary/aromatic N) is 3. The van der Waals surface area contributed by atoms with Gasteiger partial charge in [-0.15, -0.1) is 0 Å². The number of pyridine rings is 1. The standard InChI is InChI=1S/C13H21N5O/c1-11(19)16-12-3-2-5-15-13(12)18-9-7-17(6-4-14)8-10-18/h2-3,5H,4,6-10,14H2,1H3,(H,16,19). The van der Waals surface area contributed by atoms with E-state index in [2.05, 4.69) is 20.1 Å². The third-order valence-corrected chi connectivity index (χ3v) is 3.21. The highest BCUT2D eigenvalue weighted by molar-refractivity contribution is 5.91. The van der Waals surface area contributed by atoms with Gasteiger partial charge in [-0.3, -0.25) is 9.69 Å². The Balaban J connectivity index is 2.04. The van der Waals surface area contributed by atoms with Gasteiger partial charge in [0, 0.05) is 52.4 Å². The molecule has 2 rings (SSSR count). The minimum Gasteiger partial charge on any atom is -0.352 e. The van der Waals surface area contributed by atoms with Crippen molar-refractivity contribution in [3.63, 3.8) is 0 Å². The van der Waals surface area contributed by atoms with Gasteiger partial charge < -0.3 is 16.0 Å². The van der Waals surface area contributed by atoms with E-state index in [1.807, 2.05) is 12.1 Å². The predicted octanol–water partition coefficient (Wildman–Crippen LogP) is 0.121. The first kappa shape index (κ1) is 13.8. The zero-order valence-corrected chi connectivity index (χ0v) is 11.3. The molecule has 0 aromatic carbocycles. The van der Waals surface area contributed by atoms with E-state index in [-0.39, 0.29) is 5.91 Å². The number of aromatic nitrogens is 1. The Hall–Kier alpha value is -1.66. The minimum absolute atomic E-state index is 0.0731. The second-order valence-corrected chi connectivity index (χ2v) is 4.67. The summed E-state index contributed by atoms with van der Waals surface area (Å²) in [4.78, 5) is 20.2. The van der Waals surface area contributed by atoms with Gasteiger partial charge in [-0.1, -0.05) is 0 Å². The van der Waals surface area contributed by atoms with Crippen molar-refractivity contribution in [2.24, 2.45) is 5.73 Å². The molecule has 1 aliphatic heterocycles. The van der Waals surface area contributed by atoms with Crippen LogP contribution in [0, 0.1) is 0 Å². The fourth-order valence-electron chi connectivity index (χ4n) is 2.30. The maximum Gasteiger partial charge on any atom is 0.221 e. The van der Waals surface area contributed by atoms with E-state index in [0.717, 1.165) is 44.2 Å². The van der Waals surface area contributed by atoms with Crippen LogP contribution in [0.25, 0.3) is 0 Å². The lowest BCUT2D eigenvalue weighted by Gasteiger charge is -2.35. The van der Waals surface area contributed by atoms with Crippen LogP contribution >= 0.6 is 0 Å². The van der Waals surface area contributed by atoms with Crippen molar-refractivity contribution in [1.82, 2.24) is 9.88 Å². The van der Waals surface area contributed by atoms with Crippen LogP contribution < -0.4 is 16.0 Å². The molecular weight excluding hydrogens is 242 g/mol. The fraction of sp³-hybridized carbons (Fsp3) is 0.538. The maximum absolute atomic E-state index is 11.2. The summed E-state index contributed by atoms with van der Waals surface area (Å²) in [6.07, 6.45) is 1.76. The van der Waals surface area contributed by atoms with Crippen LogP contribution in [0.5, 0.6) is 0 Å². The first-order valence-electron chi connectivity index (χ1n) is 6.60. The largest absolute Gasteiger partial charge is 0.352 e. The summed E-state index contributed by atoms with van der Waals surface area (Å²) in [6.45, 7) is 6.92. The molecule has 0 aliphatic carbocycles. The quantitative estimate of drug-likeness (QED) is 0.807. The monoisotopic (exact) mass is 263 g/mol. The van der Waals surface area contributed by atoms with E-state index in [0.29, 0.717) is 6.54 Å². The van der Waals surface area contributed by atoms with Gasteiger partial charge in [0.1, 0.15) is 0 Å². The Morgan fingerprint density at radius 3 is 2.79 bits per heavy atom. The fourth-order valence-corrected chi connectivity index (χ4v) is 2.30. The highest BCUT2D eigenvalue weighted by Crippen LogP contribution is 2.23. The molecule has 1 aromatic rings. The topological polar surface area (TPSA) is 74.5 Å². The molecule has 0 spiro atoms. The zero-order chi connectivity index (χ0) is 13.7. The molecule has 1 aliphatic rings. The minimum atomic E-state index is -0.0731. The third kappa shape index (κ3) is 3.65. The van der Waals surface area contributed by atoms with Gasteiger partial charge in [0.15, 0.2) is 5.82 Å². The summed E-state index contributed by atoms with van der Waals surface area (Å²) in [5.74, 6) is 0.779. The number of nitrogens with two attached hydrogens (primary N) is 1. The van der Waals surface area contributed by atoms with E-state index in [1.165, 1.54) is 6.92 Å². The van der Waals surface area contributed by atoms with Gasteiger partial charge >= 0.3 is 0 Å². The van der Waals surface area contributed by atoms with Gasteiger partial charge in [0.25, 0.3) is 0 Å². The smallest absolute Gasteiger partial charge is 0.221 e. The van der Waals surface area contributed by atoms with Crippen LogP contribution in [0.15, 0.2) is 18.3 Å². The predicted molar refractivity (Wildman–Crippen MR) is 76.2 cm³/mol. The van der Waals surface area contributed by atoms with Crippen molar-refractivity contribution in [3.05, 3.63) is 18.3 Å². The van der Waals surface area contributed by atoms with E-state index in [4.69, 9.17) is 5.73 Å². The number of hydrogen-bond donors (Lipinski definition) is 2. The van der Waals surface area contributed by atoms with Gasteiger partial charge in [-0.25, -0.2) is 4.98 Å². The normalized spacial score (nSPS) is 16.4. The molecule has 1 amide bonds. The lowest BCUT2D eigenvalue weighted by atomic mass is 10.2. The molecule has 0 bridgehead atoms. The Bertz CT molecular complexity index is 429. The Morgan fingerprint density at radius 1 is 1.42 bits per heavy atom.